The van der Waals surface area contributed by atoms with Crippen LogP contribution in [0.15, 0.2) is 0 Å². The molecule has 1 aliphatic carbocycles. The average molecular weight is 254 g/mol. The summed E-state index contributed by atoms with van der Waals surface area (Å²) in [6.07, 6.45) is 5.43. The summed E-state index contributed by atoms with van der Waals surface area (Å²) < 4.78 is 0. The molecule has 0 aromatic rings. The van der Waals surface area contributed by atoms with Crippen molar-refractivity contribution in [2.75, 3.05) is 19.6 Å². The maximum atomic E-state index is 3.73. The van der Waals surface area contributed by atoms with Gasteiger partial charge in [-0.15, -0.1) is 0 Å². The molecule has 1 aliphatic rings. The zero-order valence-corrected chi connectivity index (χ0v) is 13.2. The highest BCUT2D eigenvalue weighted by atomic mass is 15.2. The Labute approximate surface area is 115 Å². The smallest absolute Gasteiger partial charge is 0.0218 e. The van der Waals surface area contributed by atoms with Gasteiger partial charge >= 0.3 is 0 Å². The molecule has 0 bridgehead atoms. The Bertz CT molecular complexity index is 209. The van der Waals surface area contributed by atoms with Gasteiger partial charge in [0.2, 0.25) is 0 Å². The number of nitrogens with zero attached hydrogens (tertiary/aromatic N) is 1. The lowest BCUT2D eigenvalue weighted by atomic mass is 10.0. The predicted molar refractivity (Wildman–Crippen MR) is 81.0 cm³/mol. The molecule has 1 fully saturated rings. The molecular formula is C16H34N2. The monoisotopic (exact) mass is 254 g/mol. The van der Waals surface area contributed by atoms with E-state index in [-0.39, 0.29) is 0 Å². The van der Waals surface area contributed by atoms with Crippen molar-refractivity contribution >= 4 is 0 Å². The maximum Gasteiger partial charge on any atom is 0.0218 e. The van der Waals surface area contributed by atoms with Gasteiger partial charge in [-0.25, -0.2) is 0 Å². The third-order valence-electron chi connectivity index (χ3n) is 3.95. The first kappa shape index (κ1) is 16.0. The summed E-state index contributed by atoms with van der Waals surface area (Å²) in [5, 5.41) is 3.73. The van der Waals surface area contributed by atoms with Crippen LogP contribution in [0.1, 0.15) is 60.3 Å². The highest BCUT2D eigenvalue weighted by Crippen LogP contribution is 2.28. The molecule has 108 valence electrons. The summed E-state index contributed by atoms with van der Waals surface area (Å²) >= 11 is 0. The van der Waals surface area contributed by atoms with Crippen molar-refractivity contribution in [1.82, 2.24) is 10.2 Å². The van der Waals surface area contributed by atoms with Gasteiger partial charge in [0, 0.05) is 18.6 Å². The molecule has 1 unspecified atom stereocenters. The van der Waals surface area contributed by atoms with E-state index < -0.39 is 0 Å². The van der Waals surface area contributed by atoms with E-state index in [0.717, 1.165) is 24.4 Å². The lowest BCUT2D eigenvalue weighted by Crippen LogP contribution is -2.45. The van der Waals surface area contributed by atoms with E-state index in [1.807, 2.05) is 0 Å². The molecule has 0 heterocycles. The van der Waals surface area contributed by atoms with Gasteiger partial charge < -0.3 is 5.32 Å². The van der Waals surface area contributed by atoms with Gasteiger partial charge in [0.1, 0.15) is 0 Å². The molecule has 0 spiro atoms. The van der Waals surface area contributed by atoms with Crippen molar-refractivity contribution in [3.63, 3.8) is 0 Å². The number of nitrogens with one attached hydrogen (secondary N) is 1. The largest absolute Gasteiger partial charge is 0.312 e. The maximum absolute atomic E-state index is 3.73. The minimum atomic E-state index is 0.665. The van der Waals surface area contributed by atoms with E-state index in [2.05, 4.69) is 44.8 Å². The fourth-order valence-corrected chi connectivity index (χ4v) is 2.38. The molecule has 1 rings (SSSR count). The molecule has 0 aromatic heterocycles. The molecule has 0 radical (unpaired) electrons. The summed E-state index contributed by atoms with van der Waals surface area (Å²) in [4.78, 5) is 2.74. The van der Waals surface area contributed by atoms with Crippen LogP contribution in [0.3, 0.4) is 0 Å². The Kier molecular flexibility index (Phi) is 7.25. The molecule has 0 amide bonds. The van der Waals surface area contributed by atoms with Crippen molar-refractivity contribution in [2.24, 2.45) is 11.8 Å². The van der Waals surface area contributed by atoms with Gasteiger partial charge in [-0.2, -0.15) is 0 Å². The summed E-state index contributed by atoms with van der Waals surface area (Å²) in [6.45, 7) is 15.3. The second kappa shape index (κ2) is 8.16. The topological polar surface area (TPSA) is 15.3 Å². The first-order valence-electron chi connectivity index (χ1n) is 8.02. The normalized spacial score (nSPS) is 18.0. The van der Waals surface area contributed by atoms with Gasteiger partial charge in [0.25, 0.3) is 0 Å². The molecule has 18 heavy (non-hydrogen) atoms. The van der Waals surface area contributed by atoms with E-state index in [1.54, 1.807) is 0 Å². The third kappa shape index (κ3) is 6.19. The number of hydrogen-bond acceptors (Lipinski definition) is 2. The SMILES string of the molecule is CCCNC(CN(CCC(C)C)C1CC1)C(C)C. The third-order valence-corrected chi connectivity index (χ3v) is 3.95. The molecule has 1 atom stereocenters. The van der Waals surface area contributed by atoms with E-state index in [4.69, 9.17) is 0 Å². The van der Waals surface area contributed by atoms with Crippen LogP contribution in [0.4, 0.5) is 0 Å². The van der Waals surface area contributed by atoms with Crippen molar-refractivity contribution in [3.05, 3.63) is 0 Å². The molecule has 2 heteroatoms. The zero-order chi connectivity index (χ0) is 13.5. The van der Waals surface area contributed by atoms with E-state index >= 15 is 0 Å². The highest BCUT2D eigenvalue weighted by molar-refractivity contribution is 4.87. The van der Waals surface area contributed by atoms with Gasteiger partial charge in [0.05, 0.1) is 0 Å². The van der Waals surface area contributed by atoms with Crippen LogP contribution in [-0.2, 0) is 0 Å². The van der Waals surface area contributed by atoms with Crippen molar-refractivity contribution < 1.29 is 0 Å². The highest BCUT2D eigenvalue weighted by Gasteiger charge is 2.30. The van der Waals surface area contributed by atoms with Gasteiger partial charge in [0.15, 0.2) is 0 Å². The molecule has 0 aromatic carbocycles. The summed E-state index contributed by atoms with van der Waals surface area (Å²) in [6, 6.07) is 1.56. The first-order valence-corrected chi connectivity index (χ1v) is 8.02. The number of hydrogen-bond donors (Lipinski definition) is 1. The quantitative estimate of drug-likeness (QED) is 0.642. The standard InChI is InChI=1S/C16H34N2/c1-6-10-17-16(14(4)5)12-18(15-7-8-15)11-9-13(2)3/h13-17H,6-12H2,1-5H3. The molecule has 2 nitrogen and oxygen atoms in total. The Hall–Kier alpha value is -0.0800. The Balaban J connectivity index is 2.40. The van der Waals surface area contributed by atoms with Crippen molar-refractivity contribution in [1.29, 1.82) is 0 Å². The van der Waals surface area contributed by atoms with Crippen LogP contribution in [-0.4, -0.2) is 36.6 Å². The van der Waals surface area contributed by atoms with Crippen LogP contribution in [0, 0.1) is 11.8 Å². The summed E-state index contributed by atoms with van der Waals surface area (Å²) in [5.41, 5.74) is 0. The molecular weight excluding hydrogens is 220 g/mol. The van der Waals surface area contributed by atoms with E-state index in [9.17, 15) is 0 Å². The summed E-state index contributed by atoms with van der Waals surface area (Å²) in [5.74, 6) is 1.56. The average Bonchev–Trinajstić information content (AvgIpc) is 3.11. The molecule has 0 saturated heterocycles. The van der Waals surface area contributed by atoms with Crippen LogP contribution in [0.2, 0.25) is 0 Å². The fourth-order valence-electron chi connectivity index (χ4n) is 2.38. The van der Waals surface area contributed by atoms with Crippen LogP contribution >= 0.6 is 0 Å². The molecule has 1 saturated carbocycles. The second-order valence-electron chi connectivity index (χ2n) is 6.71. The van der Waals surface area contributed by atoms with Crippen LogP contribution in [0.25, 0.3) is 0 Å². The Morgan fingerprint density at radius 2 is 1.83 bits per heavy atom. The van der Waals surface area contributed by atoms with Gasteiger partial charge in [-0.3, -0.25) is 4.90 Å². The van der Waals surface area contributed by atoms with Gasteiger partial charge in [-0.05, 0) is 50.6 Å². The first-order chi connectivity index (χ1) is 8.54. The predicted octanol–water partition coefficient (Wildman–Crippen LogP) is 3.52. The van der Waals surface area contributed by atoms with Gasteiger partial charge in [-0.1, -0.05) is 34.6 Å². The lowest BCUT2D eigenvalue weighted by molar-refractivity contribution is 0.200. The summed E-state index contributed by atoms with van der Waals surface area (Å²) in [7, 11) is 0. The Morgan fingerprint density at radius 3 is 2.28 bits per heavy atom. The zero-order valence-electron chi connectivity index (χ0n) is 13.2. The minimum Gasteiger partial charge on any atom is -0.312 e. The van der Waals surface area contributed by atoms with Crippen LogP contribution < -0.4 is 5.32 Å². The molecule has 1 N–H and O–H groups in total. The molecule has 0 aliphatic heterocycles. The van der Waals surface area contributed by atoms with Crippen molar-refractivity contribution in [3.8, 4) is 0 Å². The minimum absolute atomic E-state index is 0.665. The van der Waals surface area contributed by atoms with Crippen molar-refractivity contribution in [2.45, 2.75) is 72.4 Å². The Morgan fingerprint density at radius 1 is 1.17 bits per heavy atom. The van der Waals surface area contributed by atoms with Crippen LogP contribution in [0.5, 0.6) is 0 Å². The number of rotatable bonds is 10. The van der Waals surface area contributed by atoms with E-state index in [1.165, 1.54) is 38.8 Å². The van der Waals surface area contributed by atoms with E-state index in [0.29, 0.717) is 6.04 Å². The second-order valence-corrected chi connectivity index (χ2v) is 6.71. The fraction of sp³-hybridized carbons (Fsp3) is 1.00. The lowest BCUT2D eigenvalue weighted by Gasteiger charge is -2.31.